The van der Waals surface area contributed by atoms with Crippen molar-refractivity contribution in [2.24, 2.45) is 0 Å². The van der Waals surface area contributed by atoms with Gasteiger partial charge in [0.1, 0.15) is 11.5 Å². The molecular weight excluding hydrogens is 276 g/mol. The minimum atomic E-state index is -0.106. The number of benzene rings is 1. The largest absolute Gasteiger partial charge is 0.497 e. The molecule has 0 radical (unpaired) electrons. The van der Waals surface area contributed by atoms with Crippen molar-refractivity contribution >= 4 is 17.7 Å². The minimum Gasteiger partial charge on any atom is -0.497 e. The number of carbonyl (C=O) groups is 1. The van der Waals surface area contributed by atoms with Gasteiger partial charge in [-0.05, 0) is 18.2 Å². The van der Waals surface area contributed by atoms with E-state index in [1.165, 1.54) is 0 Å². The highest BCUT2D eigenvalue weighted by Crippen LogP contribution is 2.23. The number of amides is 1. The molecule has 1 aromatic carbocycles. The second-order valence-corrected chi connectivity index (χ2v) is 5.63. The van der Waals surface area contributed by atoms with E-state index in [2.05, 4.69) is 10.6 Å². The Morgan fingerprint density at radius 1 is 1.45 bits per heavy atom. The number of hydrogen-bond acceptors (Lipinski definition) is 5. The van der Waals surface area contributed by atoms with Crippen molar-refractivity contribution in [1.29, 1.82) is 0 Å². The Morgan fingerprint density at radius 3 is 2.95 bits per heavy atom. The standard InChI is InChI=1S/C14H20N2O3S/c1-18-11-3-4-13(19-2)10(7-11)8-16-14(17)12-9-20-6-5-15-12/h3-4,7,12,15H,5-6,8-9H2,1-2H3,(H,16,17). The van der Waals surface area contributed by atoms with E-state index >= 15 is 0 Å². The van der Waals surface area contributed by atoms with Crippen molar-refractivity contribution in [2.45, 2.75) is 12.6 Å². The van der Waals surface area contributed by atoms with Crippen LogP contribution in [-0.4, -0.2) is 44.2 Å². The quantitative estimate of drug-likeness (QED) is 0.850. The van der Waals surface area contributed by atoms with Gasteiger partial charge in [0.2, 0.25) is 5.91 Å². The monoisotopic (exact) mass is 296 g/mol. The van der Waals surface area contributed by atoms with Gasteiger partial charge in [-0.2, -0.15) is 11.8 Å². The molecule has 20 heavy (non-hydrogen) atoms. The fourth-order valence-corrected chi connectivity index (χ4v) is 2.99. The van der Waals surface area contributed by atoms with Crippen LogP contribution in [0.5, 0.6) is 11.5 Å². The zero-order valence-corrected chi connectivity index (χ0v) is 12.6. The Labute approximate surface area is 123 Å². The molecule has 0 aromatic heterocycles. The molecule has 5 nitrogen and oxygen atoms in total. The number of ether oxygens (including phenoxy) is 2. The van der Waals surface area contributed by atoms with Crippen molar-refractivity contribution in [3.05, 3.63) is 23.8 Å². The first-order valence-corrected chi connectivity index (χ1v) is 7.70. The summed E-state index contributed by atoms with van der Waals surface area (Å²) in [4.78, 5) is 12.1. The van der Waals surface area contributed by atoms with E-state index in [1.807, 2.05) is 18.2 Å². The van der Waals surface area contributed by atoms with Crippen LogP contribution in [0.25, 0.3) is 0 Å². The molecule has 1 aromatic rings. The molecule has 110 valence electrons. The highest BCUT2D eigenvalue weighted by atomic mass is 32.2. The summed E-state index contributed by atoms with van der Waals surface area (Å²) in [5.41, 5.74) is 0.906. The number of carbonyl (C=O) groups excluding carboxylic acids is 1. The Hall–Kier alpha value is -1.40. The zero-order valence-electron chi connectivity index (χ0n) is 11.8. The lowest BCUT2D eigenvalue weighted by Crippen LogP contribution is -2.48. The van der Waals surface area contributed by atoms with Crippen LogP contribution in [0.15, 0.2) is 18.2 Å². The van der Waals surface area contributed by atoms with Gasteiger partial charge in [-0.1, -0.05) is 0 Å². The van der Waals surface area contributed by atoms with E-state index in [4.69, 9.17) is 9.47 Å². The average molecular weight is 296 g/mol. The average Bonchev–Trinajstić information content (AvgIpc) is 2.53. The molecule has 1 aliphatic rings. The number of methoxy groups -OCH3 is 2. The first-order chi connectivity index (χ1) is 9.74. The van der Waals surface area contributed by atoms with Crippen LogP contribution >= 0.6 is 11.8 Å². The van der Waals surface area contributed by atoms with Crippen LogP contribution in [0.4, 0.5) is 0 Å². The van der Waals surface area contributed by atoms with Crippen molar-refractivity contribution in [1.82, 2.24) is 10.6 Å². The molecule has 2 rings (SSSR count). The summed E-state index contributed by atoms with van der Waals surface area (Å²) >= 11 is 1.80. The number of nitrogens with one attached hydrogen (secondary N) is 2. The third-order valence-electron chi connectivity index (χ3n) is 3.18. The van der Waals surface area contributed by atoms with Crippen LogP contribution < -0.4 is 20.1 Å². The maximum Gasteiger partial charge on any atom is 0.238 e. The van der Waals surface area contributed by atoms with Crippen LogP contribution in [0.2, 0.25) is 0 Å². The van der Waals surface area contributed by atoms with E-state index in [-0.39, 0.29) is 11.9 Å². The fraction of sp³-hybridized carbons (Fsp3) is 0.500. The molecule has 1 amide bonds. The molecule has 1 saturated heterocycles. The Morgan fingerprint density at radius 2 is 2.30 bits per heavy atom. The van der Waals surface area contributed by atoms with Gasteiger partial charge in [0.25, 0.3) is 0 Å². The Balaban J connectivity index is 1.96. The molecule has 2 N–H and O–H groups in total. The second-order valence-electron chi connectivity index (χ2n) is 4.48. The lowest BCUT2D eigenvalue weighted by atomic mass is 10.2. The normalized spacial score (nSPS) is 18.4. The predicted molar refractivity (Wildman–Crippen MR) is 80.5 cm³/mol. The van der Waals surface area contributed by atoms with Gasteiger partial charge in [0, 0.05) is 30.2 Å². The summed E-state index contributed by atoms with van der Waals surface area (Å²) in [7, 11) is 3.24. The van der Waals surface area contributed by atoms with E-state index in [1.54, 1.807) is 26.0 Å². The molecule has 1 fully saturated rings. The SMILES string of the molecule is COc1ccc(OC)c(CNC(=O)C2CSCCN2)c1. The summed E-state index contributed by atoms with van der Waals surface area (Å²) in [6.45, 7) is 1.31. The first-order valence-electron chi connectivity index (χ1n) is 6.54. The highest BCUT2D eigenvalue weighted by Gasteiger charge is 2.20. The third-order valence-corrected chi connectivity index (χ3v) is 4.24. The summed E-state index contributed by atoms with van der Waals surface area (Å²) < 4.78 is 10.5. The molecule has 1 unspecified atom stereocenters. The number of thioether (sulfide) groups is 1. The Bertz CT molecular complexity index is 462. The van der Waals surface area contributed by atoms with Gasteiger partial charge >= 0.3 is 0 Å². The summed E-state index contributed by atoms with van der Waals surface area (Å²) in [5, 5.41) is 6.16. The van der Waals surface area contributed by atoms with Crippen LogP contribution in [0, 0.1) is 0 Å². The van der Waals surface area contributed by atoms with Gasteiger partial charge < -0.3 is 20.1 Å². The van der Waals surface area contributed by atoms with Crippen LogP contribution in [0.1, 0.15) is 5.56 Å². The molecule has 0 aliphatic carbocycles. The van der Waals surface area contributed by atoms with Gasteiger partial charge in [0.15, 0.2) is 0 Å². The zero-order chi connectivity index (χ0) is 14.4. The summed E-state index contributed by atoms with van der Waals surface area (Å²) in [6.07, 6.45) is 0. The summed E-state index contributed by atoms with van der Waals surface area (Å²) in [6, 6.07) is 5.45. The highest BCUT2D eigenvalue weighted by molar-refractivity contribution is 7.99. The first kappa shape index (κ1) is 15.0. The van der Waals surface area contributed by atoms with E-state index < -0.39 is 0 Å². The van der Waals surface area contributed by atoms with Gasteiger partial charge in [-0.15, -0.1) is 0 Å². The van der Waals surface area contributed by atoms with E-state index in [0.717, 1.165) is 35.1 Å². The van der Waals surface area contributed by atoms with Gasteiger partial charge in [-0.25, -0.2) is 0 Å². The lowest BCUT2D eigenvalue weighted by Gasteiger charge is -2.22. The number of rotatable bonds is 5. The maximum absolute atomic E-state index is 12.1. The van der Waals surface area contributed by atoms with Gasteiger partial charge in [0.05, 0.1) is 20.3 Å². The van der Waals surface area contributed by atoms with Crippen LogP contribution in [-0.2, 0) is 11.3 Å². The van der Waals surface area contributed by atoms with Crippen LogP contribution in [0.3, 0.4) is 0 Å². The van der Waals surface area contributed by atoms with Crippen molar-refractivity contribution in [2.75, 3.05) is 32.3 Å². The molecule has 1 aliphatic heterocycles. The maximum atomic E-state index is 12.1. The van der Waals surface area contributed by atoms with E-state index in [9.17, 15) is 4.79 Å². The minimum absolute atomic E-state index is 0.0297. The smallest absolute Gasteiger partial charge is 0.238 e. The molecule has 0 saturated carbocycles. The van der Waals surface area contributed by atoms with Gasteiger partial charge in [-0.3, -0.25) is 4.79 Å². The fourth-order valence-electron chi connectivity index (χ4n) is 2.06. The lowest BCUT2D eigenvalue weighted by molar-refractivity contribution is -0.122. The molecule has 0 spiro atoms. The summed E-state index contributed by atoms with van der Waals surface area (Å²) in [5.74, 6) is 3.41. The van der Waals surface area contributed by atoms with Crippen molar-refractivity contribution < 1.29 is 14.3 Å². The predicted octanol–water partition coefficient (Wildman–Crippen LogP) is 1.02. The number of hydrogen-bond donors (Lipinski definition) is 2. The van der Waals surface area contributed by atoms with E-state index in [0.29, 0.717) is 6.54 Å². The molecule has 0 bridgehead atoms. The topological polar surface area (TPSA) is 59.6 Å². The third kappa shape index (κ3) is 3.80. The molecular formula is C14H20N2O3S. The molecule has 1 heterocycles. The second kappa shape index (κ2) is 7.40. The van der Waals surface area contributed by atoms with Crippen molar-refractivity contribution in [3.8, 4) is 11.5 Å². The molecule has 6 heteroatoms. The molecule has 1 atom stereocenters. The van der Waals surface area contributed by atoms with Crippen molar-refractivity contribution in [3.63, 3.8) is 0 Å². The Kier molecular flexibility index (Phi) is 5.55.